The van der Waals surface area contributed by atoms with Gasteiger partial charge in [-0.1, -0.05) is 19.3 Å². The van der Waals surface area contributed by atoms with Crippen LogP contribution in [0.2, 0.25) is 0 Å². The van der Waals surface area contributed by atoms with Crippen LogP contribution in [0.1, 0.15) is 52.4 Å². The van der Waals surface area contributed by atoms with E-state index in [0.717, 1.165) is 18.8 Å². The maximum atomic E-state index is 6.13. The fourth-order valence-corrected chi connectivity index (χ4v) is 2.68. The monoisotopic (exact) mass is 247 g/mol. The van der Waals surface area contributed by atoms with E-state index in [1.807, 2.05) is 0 Å². The van der Waals surface area contributed by atoms with E-state index in [1.54, 1.807) is 7.11 Å². The van der Waals surface area contributed by atoms with Crippen LogP contribution >= 0.6 is 11.6 Å². The van der Waals surface area contributed by atoms with Crippen molar-refractivity contribution in [2.45, 2.75) is 63.5 Å². The highest BCUT2D eigenvalue weighted by molar-refractivity contribution is 6.18. The van der Waals surface area contributed by atoms with Crippen molar-refractivity contribution in [2.24, 2.45) is 0 Å². The molecule has 1 aliphatic carbocycles. The van der Waals surface area contributed by atoms with Crippen molar-refractivity contribution in [3.05, 3.63) is 0 Å². The first-order chi connectivity index (χ1) is 7.54. The number of alkyl halides is 1. The highest BCUT2D eigenvalue weighted by Crippen LogP contribution is 2.29. The van der Waals surface area contributed by atoms with Gasteiger partial charge in [0, 0.05) is 18.5 Å². The second-order valence-corrected chi connectivity index (χ2v) is 5.88. The van der Waals surface area contributed by atoms with Crippen LogP contribution in [0, 0.1) is 0 Å². The van der Waals surface area contributed by atoms with Gasteiger partial charge in [0.2, 0.25) is 0 Å². The summed E-state index contributed by atoms with van der Waals surface area (Å²) in [6.07, 6.45) is 7.47. The minimum Gasteiger partial charge on any atom is -0.379 e. The van der Waals surface area contributed by atoms with Gasteiger partial charge in [-0.15, -0.1) is 11.6 Å². The molecule has 2 nitrogen and oxygen atoms in total. The second-order valence-electron chi connectivity index (χ2n) is 5.62. The van der Waals surface area contributed by atoms with Crippen LogP contribution in [0.15, 0.2) is 0 Å². The van der Waals surface area contributed by atoms with Crippen molar-refractivity contribution >= 4 is 11.6 Å². The molecule has 0 atom stereocenters. The topological polar surface area (TPSA) is 21.3 Å². The number of methoxy groups -OCH3 is 1. The zero-order chi connectivity index (χ0) is 12.1. The van der Waals surface area contributed by atoms with Crippen LogP contribution in [0.3, 0.4) is 0 Å². The first kappa shape index (κ1) is 14.3. The second kappa shape index (κ2) is 6.23. The molecule has 1 rings (SSSR count). The fraction of sp³-hybridized carbons (Fsp3) is 1.00. The van der Waals surface area contributed by atoms with Crippen LogP contribution in [0.5, 0.6) is 0 Å². The highest BCUT2D eigenvalue weighted by atomic mass is 35.5. The fourth-order valence-electron chi connectivity index (χ4n) is 2.32. The molecule has 1 N–H and O–H groups in total. The van der Waals surface area contributed by atoms with Gasteiger partial charge in [-0.25, -0.2) is 0 Å². The first-order valence-electron chi connectivity index (χ1n) is 6.40. The average Bonchev–Trinajstić information content (AvgIpc) is 2.30. The molecule has 0 spiro atoms. The van der Waals surface area contributed by atoms with E-state index < -0.39 is 0 Å². The van der Waals surface area contributed by atoms with Crippen LogP contribution < -0.4 is 5.32 Å². The molecule has 1 saturated carbocycles. The summed E-state index contributed by atoms with van der Waals surface area (Å²) in [5.41, 5.74) is 0.165. The Kier molecular flexibility index (Phi) is 5.55. The lowest BCUT2D eigenvalue weighted by Gasteiger charge is -2.37. The quantitative estimate of drug-likeness (QED) is 0.727. The minimum atomic E-state index is -0.0326. The van der Waals surface area contributed by atoms with Gasteiger partial charge in [-0.3, -0.25) is 0 Å². The van der Waals surface area contributed by atoms with Crippen LogP contribution in [0.4, 0.5) is 0 Å². The van der Waals surface area contributed by atoms with E-state index >= 15 is 0 Å². The van der Waals surface area contributed by atoms with Gasteiger partial charge in [0.05, 0.1) is 5.60 Å². The lowest BCUT2D eigenvalue weighted by molar-refractivity contribution is 0.0139. The van der Waals surface area contributed by atoms with Gasteiger partial charge >= 0.3 is 0 Å². The van der Waals surface area contributed by atoms with Crippen molar-refractivity contribution in [2.75, 3.05) is 19.5 Å². The molecule has 16 heavy (non-hydrogen) atoms. The molecule has 0 aromatic carbocycles. The molecule has 0 aromatic rings. The minimum absolute atomic E-state index is 0.0326. The Balaban J connectivity index is 2.33. The number of halogens is 1. The summed E-state index contributed by atoms with van der Waals surface area (Å²) in [6, 6.07) is 0. The standard InChI is InChI=1S/C13H26ClNO/c1-12(2,16-3)9-10-15-13(11-14)7-5-4-6-8-13/h15H,4-11H2,1-3H3. The van der Waals surface area contributed by atoms with Crippen molar-refractivity contribution in [3.8, 4) is 0 Å². The maximum absolute atomic E-state index is 6.13. The van der Waals surface area contributed by atoms with E-state index in [2.05, 4.69) is 19.2 Å². The summed E-state index contributed by atoms with van der Waals surface area (Å²) in [7, 11) is 1.78. The summed E-state index contributed by atoms with van der Waals surface area (Å²) in [4.78, 5) is 0. The summed E-state index contributed by atoms with van der Waals surface area (Å²) < 4.78 is 5.42. The van der Waals surface area contributed by atoms with Crippen LogP contribution in [-0.4, -0.2) is 30.7 Å². The molecule has 0 heterocycles. The lowest BCUT2D eigenvalue weighted by atomic mass is 9.83. The van der Waals surface area contributed by atoms with Gasteiger partial charge in [-0.2, -0.15) is 0 Å². The number of ether oxygens (including phenoxy) is 1. The SMILES string of the molecule is COC(C)(C)CCNC1(CCl)CCCCC1. The molecule has 0 aliphatic heterocycles. The Bertz CT molecular complexity index is 200. The number of hydrogen-bond donors (Lipinski definition) is 1. The molecule has 0 saturated heterocycles. The number of nitrogens with one attached hydrogen (secondary N) is 1. The van der Waals surface area contributed by atoms with E-state index in [0.29, 0.717) is 0 Å². The summed E-state index contributed by atoms with van der Waals surface area (Å²) >= 11 is 6.13. The van der Waals surface area contributed by atoms with Gasteiger partial charge in [0.1, 0.15) is 0 Å². The zero-order valence-electron chi connectivity index (χ0n) is 10.9. The smallest absolute Gasteiger partial charge is 0.0634 e. The molecule has 0 bridgehead atoms. The predicted octanol–water partition coefficient (Wildman–Crippen LogP) is 3.33. The number of rotatable bonds is 6. The van der Waals surface area contributed by atoms with Crippen molar-refractivity contribution in [3.63, 3.8) is 0 Å². The Morgan fingerprint density at radius 3 is 2.38 bits per heavy atom. The third-order valence-electron chi connectivity index (χ3n) is 3.85. The Morgan fingerprint density at radius 2 is 1.88 bits per heavy atom. The zero-order valence-corrected chi connectivity index (χ0v) is 11.7. The first-order valence-corrected chi connectivity index (χ1v) is 6.93. The molecule has 1 fully saturated rings. The van der Waals surface area contributed by atoms with E-state index in [-0.39, 0.29) is 11.1 Å². The maximum Gasteiger partial charge on any atom is 0.0634 e. The Labute approximate surface area is 105 Å². The van der Waals surface area contributed by atoms with Gasteiger partial charge in [-0.05, 0) is 39.7 Å². The summed E-state index contributed by atoms with van der Waals surface area (Å²) in [5.74, 6) is 0.737. The normalized spacial score (nSPS) is 21.0. The number of hydrogen-bond acceptors (Lipinski definition) is 2. The van der Waals surface area contributed by atoms with E-state index in [1.165, 1.54) is 32.1 Å². The highest BCUT2D eigenvalue weighted by Gasteiger charge is 2.30. The molecule has 0 aromatic heterocycles. The molecule has 96 valence electrons. The Morgan fingerprint density at radius 1 is 1.25 bits per heavy atom. The predicted molar refractivity (Wildman–Crippen MR) is 70.2 cm³/mol. The third-order valence-corrected chi connectivity index (χ3v) is 4.36. The lowest BCUT2D eigenvalue weighted by Crippen LogP contribution is -2.49. The molecular weight excluding hydrogens is 222 g/mol. The molecule has 0 unspecified atom stereocenters. The summed E-state index contributed by atoms with van der Waals surface area (Å²) in [6.45, 7) is 5.25. The molecule has 0 amide bonds. The molecular formula is C13H26ClNO. The van der Waals surface area contributed by atoms with Crippen molar-refractivity contribution in [1.29, 1.82) is 0 Å². The van der Waals surface area contributed by atoms with Crippen LogP contribution in [-0.2, 0) is 4.74 Å². The molecule has 3 heteroatoms. The largest absolute Gasteiger partial charge is 0.379 e. The van der Waals surface area contributed by atoms with Gasteiger partial charge in [0.15, 0.2) is 0 Å². The van der Waals surface area contributed by atoms with E-state index in [4.69, 9.17) is 16.3 Å². The van der Waals surface area contributed by atoms with Gasteiger partial charge in [0.25, 0.3) is 0 Å². The van der Waals surface area contributed by atoms with Crippen LogP contribution in [0.25, 0.3) is 0 Å². The third kappa shape index (κ3) is 4.23. The molecule has 0 radical (unpaired) electrons. The molecule has 1 aliphatic rings. The van der Waals surface area contributed by atoms with E-state index in [9.17, 15) is 0 Å². The van der Waals surface area contributed by atoms with Crippen molar-refractivity contribution in [1.82, 2.24) is 5.32 Å². The summed E-state index contributed by atoms with van der Waals surface area (Å²) in [5, 5.41) is 3.66. The Hall–Kier alpha value is 0.210. The average molecular weight is 248 g/mol. The van der Waals surface area contributed by atoms with Gasteiger partial charge < -0.3 is 10.1 Å². The van der Waals surface area contributed by atoms with Crippen molar-refractivity contribution < 1.29 is 4.74 Å².